The summed E-state index contributed by atoms with van der Waals surface area (Å²) in [5, 5.41) is 5.99. The Morgan fingerprint density at radius 3 is 3.00 bits per heavy atom. The van der Waals surface area contributed by atoms with Crippen LogP contribution in [0, 0.1) is 0 Å². The molecule has 0 radical (unpaired) electrons. The Labute approximate surface area is 131 Å². The normalized spacial score (nSPS) is 10.7. The number of benzene rings is 1. The molecule has 0 atom stereocenters. The molecule has 3 rings (SSSR count). The van der Waals surface area contributed by atoms with Gasteiger partial charge in [0.1, 0.15) is 0 Å². The fraction of sp³-hybridized carbons (Fsp3) is 0.125. The number of carbonyl (C=O) groups excluding carboxylic acids is 1. The van der Waals surface area contributed by atoms with Crippen LogP contribution in [0.1, 0.15) is 4.88 Å². The van der Waals surface area contributed by atoms with Gasteiger partial charge in [-0.25, -0.2) is 0 Å². The van der Waals surface area contributed by atoms with Crippen LogP contribution in [-0.2, 0) is 10.5 Å². The quantitative estimate of drug-likeness (QED) is 0.768. The van der Waals surface area contributed by atoms with Gasteiger partial charge in [0.25, 0.3) is 0 Å². The summed E-state index contributed by atoms with van der Waals surface area (Å²) in [6.07, 6.45) is 1.75. The largest absolute Gasteiger partial charge is 0.325 e. The number of aromatic nitrogens is 1. The van der Waals surface area contributed by atoms with Crippen molar-refractivity contribution in [2.24, 2.45) is 0 Å². The Morgan fingerprint density at radius 1 is 1.19 bits per heavy atom. The summed E-state index contributed by atoms with van der Waals surface area (Å²) in [5.74, 6) is 1.35. The van der Waals surface area contributed by atoms with Crippen molar-refractivity contribution in [3.05, 3.63) is 58.9 Å². The van der Waals surface area contributed by atoms with Crippen LogP contribution in [0.15, 0.2) is 54.0 Å². The van der Waals surface area contributed by atoms with Crippen molar-refractivity contribution in [1.29, 1.82) is 0 Å². The van der Waals surface area contributed by atoms with E-state index in [1.54, 1.807) is 29.3 Å². The van der Waals surface area contributed by atoms with Crippen molar-refractivity contribution in [1.82, 2.24) is 4.98 Å². The first-order chi connectivity index (χ1) is 10.3. The van der Waals surface area contributed by atoms with Crippen LogP contribution >= 0.6 is 23.1 Å². The van der Waals surface area contributed by atoms with Gasteiger partial charge in [0.15, 0.2) is 0 Å². The Balaban J connectivity index is 1.61. The highest BCUT2D eigenvalue weighted by Gasteiger charge is 2.06. The van der Waals surface area contributed by atoms with Crippen molar-refractivity contribution >= 4 is 45.6 Å². The zero-order chi connectivity index (χ0) is 14.5. The second-order valence-electron chi connectivity index (χ2n) is 4.50. The van der Waals surface area contributed by atoms with Gasteiger partial charge in [-0.15, -0.1) is 23.1 Å². The summed E-state index contributed by atoms with van der Waals surface area (Å²) in [6, 6.07) is 13.7. The molecule has 2 aromatic heterocycles. The highest BCUT2D eigenvalue weighted by atomic mass is 32.2. The molecule has 0 saturated heterocycles. The number of nitrogens with zero attached hydrogens (tertiary/aromatic N) is 1. The van der Waals surface area contributed by atoms with Gasteiger partial charge < -0.3 is 5.32 Å². The lowest BCUT2D eigenvalue weighted by Gasteiger charge is -2.08. The molecule has 0 fully saturated rings. The van der Waals surface area contributed by atoms with Crippen LogP contribution in [0.2, 0.25) is 0 Å². The Kier molecular flexibility index (Phi) is 4.52. The number of rotatable bonds is 5. The standard InChI is InChI=1S/C16H14N2OS2/c19-16(11-20-10-12-4-3-9-21-12)18-15-7-1-6-14-13(15)5-2-8-17-14/h1-9H,10-11H2,(H,18,19). The summed E-state index contributed by atoms with van der Waals surface area (Å²) >= 11 is 3.35. The van der Waals surface area contributed by atoms with Crippen LogP contribution in [0.25, 0.3) is 10.9 Å². The third-order valence-electron chi connectivity index (χ3n) is 2.98. The molecule has 1 amide bonds. The van der Waals surface area contributed by atoms with E-state index < -0.39 is 0 Å². The van der Waals surface area contributed by atoms with E-state index in [-0.39, 0.29) is 5.91 Å². The van der Waals surface area contributed by atoms with Gasteiger partial charge in [-0.2, -0.15) is 0 Å². The monoisotopic (exact) mass is 314 g/mol. The first-order valence-corrected chi connectivity index (χ1v) is 8.60. The second-order valence-corrected chi connectivity index (χ2v) is 6.51. The highest BCUT2D eigenvalue weighted by molar-refractivity contribution is 7.99. The lowest BCUT2D eigenvalue weighted by molar-refractivity contribution is -0.113. The Hall–Kier alpha value is -1.85. The molecular formula is C16H14N2OS2. The molecule has 106 valence electrons. The van der Waals surface area contributed by atoms with Crippen LogP contribution < -0.4 is 5.32 Å². The van der Waals surface area contributed by atoms with Crippen LogP contribution in [-0.4, -0.2) is 16.6 Å². The molecule has 21 heavy (non-hydrogen) atoms. The van der Waals surface area contributed by atoms with E-state index in [1.165, 1.54) is 4.88 Å². The third kappa shape index (κ3) is 3.62. The number of fused-ring (bicyclic) bond motifs is 1. The molecule has 0 aliphatic heterocycles. The zero-order valence-electron chi connectivity index (χ0n) is 11.3. The number of anilines is 1. The lowest BCUT2D eigenvalue weighted by atomic mass is 10.2. The molecule has 3 aromatic rings. The van der Waals surface area contributed by atoms with E-state index in [2.05, 4.69) is 21.7 Å². The first kappa shape index (κ1) is 14.1. The number of hydrogen-bond acceptors (Lipinski definition) is 4. The summed E-state index contributed by atoms with van der Waals surface area (Å²) in [4.78, 5) is 17.6. The number of thioether (sulfide) groups is 1. The molecule has 0 aliphatic carbocycles. The van der Waals surface area contributed by atoms with E-state index >= 15 is 0 Å². The number of carbonyl (C=O) groups is 1. The lowest BCUT2D eigenvalue weighted by Crippen LogP contribution is -2.14. The summed E-state index contributed by atoms with van der Waals surface area (Å²) < 4.78 is 0. The molecular weight excluding hydrogens is 300 g/mol. The predicted molar refractivity (Wildman–Crippen MR) is 90.9 cm³/mol. The van der Waals surface area contributed by atoms with Gasteiger partial charge in [0, 0.05) is 22.2 Å². The van der Waals surface area contributed by atoms with Crippen molar-refractivity contribution < 1.29 is 4.79 Å². The minimum absolute atomic E-state index is 0.0212. The molecule has 2 heterocycles. The zero-order valence-corrected chi connectivity index (χ0v) is 12.9. The average Bonchev–Trinajstić information content (AvgIpc) is 3.01. The highest BCUT2D eigenvalue weighted by Crippen LogP contribution is 2.22. The molecule has 1 N–H and O–H groups in total. The smallest absolute Gasteiger partial charge is 0.234 e. The summed E-state index contributed by atoms with van der Waals surface area (Å²) in [7, 11) is 0. The van der Waals surface area contributed by atoms with E-state index in [0.717, 1.165) is 22.3 Å². The molecule has 0 saturated carbocycles. The predicted octanol–water partition coefficient (Wildman–Crippen LogP) is 4.17. The number of pyridine rings is 1. The summed E-state index contributed by atoms with van der Waals surface area (Å²) in [5.41, 5.74) is 1.71. The van der Waals surface area contributed by atoms with Gasteiger partial charge in [-0.3, -0.25) is 9.78 Å². The average molecular weight is 314 g/mol. The number of amides is 1. The summed E-state index contributed by atoms with van der Waals surface area (Å²) in [6.45, 7) is 0. The second kappa shape index (κ2) is 6.74. The van der Waals surface area contributed by atoms with Crippen molar-refractivity contribution in [3.63, 3.8) is 0 Å². The number of hydrogen-bond donors (Lipinski definition) is 1. The van der Waals surface area contributed by atoms with Gasteiger partial charge in [0.05, 0.1) is 17.0 Å². The fourth-order valence-electron chi connectivity index (χ4n) is 2.04. The van der Waals surface area contributed by atoms with Gasteiger partial charge >= 0.3 is 0 Å². The maximum absolute atomic E-state index is 12.0. The minimum atomic E-state index is 0.0212. The molecule has 3 nitrogen and oxygen atoms in total. The number of nitrogens with one attached hydrogen (secondary N) is 1. The van der Waals surface area contributed by atoms with E-state index in [9.17, 15) is 4.79 Å². The van der Waals surface area contributed by atoms with E-state index in [0.29, 0.717) is 5.75 Å². The molecule has 0 bridgehead atoms. The maximum Gasteiger partial charge on any atom is 0.234 e. The van der Waals surface area contributed by atoms with Crippen LogP contribution in [0.3, 0.4) is 0 Å². The Morgan fingerprint density at radius 2 is 2.14 bits per heavy atom. The van der Waals surface area contributed by atoms with Crippen LogP contribution in [0.4, 0.5) is 5.69 Å². The van der Waals surface area contributed by atoms with Gasteiger partial charge in [-0.1, -0.05) is 12.1 Å². The SMILES string of the molecule is O=C(CSCc1cccs1)Nc1cccc2ncccc12. The van der Waals surface area contributed by atoms with E-state index in [1.807, 2.05) is 36.4 Å². The number of thiophene rings is 1. The van der Waals surface area contributed by atoms with Crippen LogP contribution in [0.5, 0.6) is 0 Å². The topological polar surface area (TPSA) is 42.0 Å². The Bertz CT molecular complexity index is 736. The van der Waals surface area contributed by atoms with Gasteiger partial charge in [0.2, 0.25) is 5.91 Å². The maximum atomic E-state index is 12.0. The van der Waals surface area contributed by atoms with Crippen molar-refractivity contribution in [2.75, 3.05) is 11.1 Å². The molecule has 5 heteroatoms. The fourth-order valence-corrected chi connectivity index (χ4v) is 3.71. The molecule has 1 aromatic carbocycles. The molecule has 0 aliphatic rings. The minimum Gasteiger partial charge on any atom is -0.325 e. The van der Waals surface area contributed by atoms with Gasteiger partial charge in [-0.05, 0) is 35.7 Å². The van der Waals surface area contributed by atoms with Crippen molar-refractivity contribution in [3.8, 4) is 0 Å². The van der Waals surface area contributed by atoms with E-state index in [4.69, 9.17) is 0 Å². The third-order valence-corrected chi connectivity index (χ3v) is 5.02. The molecule has 0 spiro atoms. The molecule has 0 unspecified atom stereocenters. The first-order valence-electron chi connectivity index (χ1n) is 6.56. The van der Waals surface area contributed by atoms with Crippen molar-refractivity contribution in [2.45, 2.75) is 5.75 Å².